The lowest BCUT2D eigenvalue weighted by atomic mass is 10.3. The molecule has 1 aromatic heterocycles. The van der Waals surface area contributed by atoms with Gasteiger partial charge in [0.2, 0.25) is 0 Å². The van der Waals surface area contributed by atoms with E-state index in [0.717, 1.165) is 5.82 Å². The second-order valence-corrected chi connectivity index (χ2v) is 3.28. The maximum atomic E-state index is 11.1. The maximum Gasteiger partial charge on any atom is 0.334 e. The van der Waals surface area contributed by atoms with Gasteiger partial charge in [0, 0.05) is 25.4 Å². The van der Waals surface area contributed by atoms with E-state index in [1.807, 2.05) is 0 Å². The van der Waals surface area contributed by atoms with Crippen molar-refractivity contribution in [3.8, 4) is 0 Å². The van der Waals surface area contributed by atoms with Crippen LogP contribution in [0, 0.1) is 0 Å². The minimum absolute atomic E-state index is 0.331. The third kappa shape index (κ3) is 4.98. The summed E-state index contributed by atoms with van der Waals surface area (Å²) in [6, 6.07) is -0.531. The highest BCUT2D eigenvalue weighted by Crippen LogP contribution is 1.87. The number of carboxylic acids is 1. The van der Waals surface area contributed by atoms with Crippen LogP contribution in [-0.4, -0.2) is 51.4 Å². The average molecular weight is 242 g/mol. The van der Waals surface area contributed by atoms with E-state index < -0.39 is 18.1 Å². The van der Waals surface area contributed by atoms with E-state index in [0.29, 0.717) is 13.0 Å². The molecule has 0 spiro atoms. The topological polar surface area (TPSA) is 127 Å². The number of aliphatic carboxylic acids is 1. The van der Waals surface area contributed by atoms with Gasteiger partial charge in [-0.3, -0.25) is 0 Å². The number of hydrogen-bond acceptors (Lipinski definition) is 4. The summed E-state index contributed by atoms with van der Waals surface area (Å²) in [4.78, 5) is 28.2. The number of amides is 2. The van der Waals surface area contributed by atoms with Crippen LogP contribution in [0.1, 0.15) is 5.82 Å². The molecular formula is C9H14N4O4. The predicted molar refractivity (Wildman–Crippen MR) is 57.3 cm³/mol. The number of carbonyl (C=O) groups excluding carboxylic acids is 1. The lowest BCUT2D eigenvalue weighted by Gasteiger charge is -2.08. The minimum Gasteiger partial charge on any atom is -0.479 e. The molecule has 8 nitrogen and oxygen atoms in total. The van der Waals surface area contributed by atoms with E-state index in [-0.39, 0.29) is 6.54 Å². The standard InChI is InChI=1S/C9H14N4O4/c14-6(8(15)16)5-13-9(17)12-2-1-7-10-3-4-11-7/h3-4,6,14H,1-2,5H2,(H,10,11)(H,15,16)(H2,12,13,17)/t6-/m0/s1. The van der Waals surface area contributed by atoms with Crippen molar-refractivity contribution in [2.75, 3.05) is 13.1 Å². The number of nitrogens with zero attached hydrogens (tertiary/aromatic N) is 1. The Kier molecular flexibility index (Phi) is 4.95. The number of aliphatic hydroxyl groups is 1. The number of carboxylic acid groups (broad SMARTS) is 1. The second-order valence-electron chi connectivity index (χ2n) is 3.28. The Labute approximate surface area is 97.1 Å². The van der Waals surface area contributed by atoms with E-state index in [4.69, 9.17) is 10.2 Å². The summed E-state index contributed by atoms with van der Waals surface area (Å²) < 4.78 is 0. The smallest absolute Gasteiger partial charge is 0.334 e. The normalized spacial score (nSPS) is 11.8. The van der Waals surface area contributed by atoms with Crippen molar-refractivity contribution in [2.45, 2.75) is 12.5 Å². The fourth-order valence-corrected chi connectivity index (χ4v) is 1.07. The van der Waals surface area contributed by atoms with Crippen molar-refractivity contribution in [1.82, 2.24) is 20.6 Å². The number of rotatable bonds is 6. The van der Waals surface area contributed by atoms with Gasteiger partial charge in [0.05, 0.1) is 6.54 Å². The number of nitrogens with one attached hydrogen (secondary N) is 3. The first kappa shape index (κ1) is 13.0. The Hall–Kier alpha value is -2.09. The van der Waals surface area contributed by atoms with Gasteiger partial charge >= 0.3 is 12.0 Å². The number of aliphatic hydroxyl groups excluding tert-OH is 1. The molecule has 1 aromatic rings. The SMILES string of the molecule is O=C(NCCc1ncc[nH]1)NC[C@H](O)C(=O)O. The molecule has 17 heavy (non-hydrogen) atoms. The van der Waals surface area contributed by atoms with Gasteiger partial charge in [-0.2, -0.15) is 0 Å². The fraction of sp³-hybridized carbons (Fsp3) is 0.444. The highest BCUT2D eigenvalue weighted by molar-refractivity contribution is 5.76. The van der Waals surface area contributed by atoms with Crippen LogP contribution in [0.25, 0.3) is 0 Å². The molecule has 5 N–H and O–H groups in total. The highest BCUT2D eigenvalue weighted by atomic mass is 16.4. The van der Waals surface area contributed by atoms with E-state index in [9.17, 15) is 9.59 Å². The maximum absolute atomic E-state index is 11.1. The Morgan fingerprint density at radius 2 is 2.24 bits per heavy atom. The van der Waals surface area contributed by atoms with Crippen LogP contribution in [0.15, 0.2) is 12.4 Å². The first-order chi connectivity index (χ1) is 8.09. The summed E-state index contributed by atoms with van der Waals surface area (Å²) in [7, 11) is 0. The molecule has 0 saturated carbocycles. The van der Waals surface area contributed by atoms with Gasteiger partial charge in [-0.15, -0.1) is 0 Å². The van der Waals surface area contributed by atoms with Crippen LogP contribution >= 0.6 is 0 Å². The number of carbonyl (C=O) groups is 2. The lowest BCUT2D eigenvalue weighted by Crippen LogP contribution is -2.42. The van der Waals surface area contributed by atoms with E-state index in [1.54, 1.807) is 12.4 Å². The molecule has 1 rings (SSSR count). The van der Waals surface area contributed by atoms with E-state index in [2.05, 4.69) is 20.6 Å². The van der Waals surface area contributed by atoms with Gasteiger partial charge in [0.15, 0.2) is 6.10 Å². The Morgan fingerprint density at radius 1 is 1.47 bits per heavy atom. The number of aromatic nitrogens is 2. The monoisotopic (exact) mass is 242 g/mol. The molecule has 0 unspecified atom stereocenters. The van der Waals surface area contributed by atoms with Gasteiger partial charge in [-0.25, -0.2) is 14.6 Å². The van der Waals surface area contributed by atoms with Gasteiger partial charge in [0.1, 0.15) is 5.82 Å². The molecule has 1 heterocycles. The summed E-state index contributed by atoms with van der Waals surface area (Å²) >= 11 is 0. The van der Waals surface area contributed by atoms with Crippen LogP contribution in [-0.2, 0) is 11.2 Å². The molecule has 94 valence electrons. The first-order valence-electron chi connectivity index (χ1n) is 5.00. The molecule has 0 radical (unpaired) electrons. The Balaban J connectivity index is 2.11. The number of hydrogen-bond donors (Lipinski definition) is 5. The van der Waals surface area contributed by atoms with Crippen molar-refractivity contribution >= 4 is 12.0 Å². The summed E-state index contributed by atoms with van der Waals surface area (Å²) in [6.45, 7) is 0.0322. The van der Waals surface area contributed by atoms with Gasteiger partial charge in [-0.1, -0.05) is 0 Å². The Bertz CT molecular complexity index is 365. The third-order valence-corrected chi connectivity index (χ3v) is 1.94. The largest absolute Gasteiger partial charge is 0.479 e. The number of urea groups is 1. The molecular weight excluding hydrogens is 228 g/mol. The zero-order valence-corrected chi connectivity index (χ0v) is 9.01. The van der Waals surface area contributed by atoms with E-state index in [1.165, 1.54) is 0 Å². The van der Waals surface area contributed by atoms with Crippen molar-refractivity contribution in [3.05, 3.63) is 18.2 Å². The molecule has 0 aliphatic carbocycles. The molecule has 1 atom stereocenters. The fourth-order valence-electron chi connectivity index (χ4n) is 1.07. The Morgan fingerprint density at radius 3 is 2.82 bits per heavy atom. The van der Waals surface area contributed by atoms with Gasteiger partial charge < -0.3 is 25.8 Å². The molecule has 2 amide bonds. The summed E-state index contributed by atoms with van der Waals surface area (Å²) in [5.41, 5.74) is 0. The molecule has 8 heteroatoms. The number of aromatic amines is 1. The first-order valence-corrected chi connectivity index (χ1v) is 5.00. The summed E-state index contributed by atoms with van der Waals surface area (Å²) in [5.74, 6) is -0.628. The van der Waals surface area contributed by atoms with Crippen LogP contribution < -0.4 is 10.6 Å². The minimum atomic E-state index is -1.59. The molecule has 0 aliphatic rings. The highest BCUT2D eigenvalue weighted by Gasteiger charge is 2.13. The van der Waals surface area contributed by atoms with E-state index >= 15 is 0 Å². The lowest BCUT2D eigenvalue weighted by molar-refractivity contribution is -0.146. The second kappa shape index (κ2) is 6.48. The van der Waals surface area contributed by atoms with Crippen molar-refractivity contribution in [1.29, 1.82) is 0 Å². The molecule has 0 aliphatic heterocycles. The van der Waals surface area contributed by atoms with Crippen LogP contribution in [0.4, 0.5) is 4.79 Å². The average Bonchev–Trinajstić information content (AvgIpc) is 2.78. The molecule has 0 saturated heterocycles. The van der Waals surface area contributed by atoms with Crippen LogP contribution in [0.2, 0.25) is 0 Å². The molecule has 0 bridgehead atoms. The number of imidazole rings is 1. The summed E-state index contributed by atoms with van der Waals surface area (Å²) in [5, 5.41) is 22.0. The van der Waals surface area contributed by atoms with Crippen molar-refractivity contribution < 1.29 is 19.8 Å². The van der Waals surface area contributed by atoms with Crippen LogP contribution in [0.5, 0.6) is 0 Å². The summed E-state index contributed by atoms with van der Waals surface area (Å²) in [6.07, 6.45) is 2.24. The zero-order chi connectivity index (χ0) is 12.7. The molecule has 0 aromatic carbocycles. The number of H-pyrrole nitrogens is 1. The van der Waals surface area contributed by atoms with Crippen LogP contribution in [0.3, 0.4) is 0 Å². The third-order valence-electron chi connectivity index (χ3n) is 1.94. The molecule has 0 fully saturated rings. The van der Waals surface area contributed by atoms with Gasteiger partial charge in [0.25, 0.3) is 0 Å². The van der Waals surface area contributed by atoms with Gasteiger partial charge in [-0.05, 0) is 0 Å². The predicted octanol–water partition coefficient (Wildman–Crippen LogP) is -1.30. The zero-order valence-electron chi connectivity index (χ0n) is 9.01. The van der Waals surface area contributed by atoms with Crippen molar-refractivity contribution in [2.24, 2.45) is 0 Å². The van der Waals surface area contributed by atoms with Crippen molar-refractivity contribution in [3.63, 3.8) is 0 Å². The quantitative estimate of drug-likeness (QED) is 0.423.